The molecule has 0 aromatic rings. The van der Waals surface area contributed by atoms with Gasteiger partial charge < -0.3 is 15.0 Å². The summed E-state index contributed by atoms with van der Waals surface area (Å²) in [6, 6.07) is 1.83. The summed E-state index contributed by atoms with van der Waals surface area (Å²) >= 11 is 0. The van der Waals surface area contributed by atoms with Crippen LogP contribution in [0.2, 0.25) is 0 Å². The number of nitriles is 1. The number of hydrogen-bond acceptors (Lipinski definition) is 5. The maximum atomic E-state index is 11.2. The molecule has 0 amide bonds. The van der Waals surface area contributed by atoms with Crippen molar-refractivity contribution in [3.8, 4) is 6.07 Å². The highest BCUT2D eigenvalue weighted by Crippen LogP contribution is 2.11. The number of methoxy groups -OCH3 is 1. The van der Waals surface area contributed by atoms with Gasteiger partial charge in [0.15, 0.2) is 5.57 Å². The van der Waals surface area contributed by atoms with Crippen molar-refractivity contribution in [2.45, 2.75) is 13.1 Å². The smallest absolute Gasteiger partial charge is 0.350 e. The number of carbonyl (C=O) groups is 1. The van der Waals surface area contributed by atoms with E-state index in [4.69, 9.17) is 5.26 Å². The number of carbonyl (C=O) groups excluding carboxylic acids is 1. The molecular formula is C10H13N3O2. The van der Waals surface area contributed by atoms with E-state index in [-0.39, 0.29) is 11.7 Å². The molecule has 0 spiro atoms. The SMILES string of the molecule is COC(=O)/C(C#N)=C1\C=CN(C)C(C)N1. The molecule has 0 bridgehead atoms. The first-order valence-corrected chi connectivity index (χ1v) is 4.49. The minimum atomic E-state index is -0.624. The van der Waals surface area contributed by atoms with Crippen molar-refractivity contribution in [1.82, 2.24) is 10.2 Å². The zero-order valence-electron chi connectivity index (χ0n) is 8.94. The standard InChI is InChI=1S/C10H13N3O2/c1-7-12-9(4-5-13(7)2)8(6-11)10(14)15-3/h4-5,7,12H,1-3H3/b9-8+. The third-order valence-electron chi connectivity index (χ3n) is 2.22. The first kappa shape index (κ1) is 11.1. The molecule has 0 aliphatic carbocycles. The summed E-state index contributed by atoms with van der Waals surface area (Å²) in [6.07, 6.45) is 3.52. The van der Waals surface area contributed by atoms with Gasteiger partial charge in [0.05, 0.1) is 19.0 Å². The van der Waals surface area contributed by atoms with E-state index in [1.165, 1.54) is 7.11 Å². The lowest BCUT2D eigenvalue weighted by molar-refractivity contribution is -0.135. The monoisotopic (exact) mass is 207 g/mol. The molecule has 0 fully saturated rings. The molecule has 5 nitrogen and oxygen atoms in total. The van der Waals surface area contributed by atoms with Crippen molar-refractivity contribution in [3.05, 3.63) is 23.5 Å². The summed E-state index contributed by atoms with van der Waals surface area (Å²) in [6.45, 7) is 1.93. The van der Waals surface area contributed by atoms with Crippen LogP contribution in [0.3, 0.4) is 0 Å². The zero-order chi connectivity index (χ0) is 11.4. The van der Waals surface area contributed by atoms with Crippen LogP contribution in [0.1, 0.15) is 6.92 Å². The van der Waals surface area contributed by atoms with Gasteiger partial charge in [0.1, 0.15) is 6.07 Å². The highest BCUT2D eigenvalue weighted by molar-refractivity contribution is 5.94. The van der Waals surface area contributed by atoms with Gasteiger partial charge in [0, 0.05) is 13.2 Å². The fourth-order valence-electron chi connectivity index (χ4n) is 1.17. The molecule has 1 N–H and O–H groups in total. The normalized spacial score (nSPS) is 22.8. The minimum Gasteiger partial charge on any atom is -0.465 e. The van der Waals surface area contributed by atoms with E-state index in [1.807, 2.05) is 24.9 Å². The Kier molecular flexibility index (Phi) is 3.34. The van der Waals surface area contributed by atoms with Crippen LogP contribution in [0.15, 0.2) is 23.5 Å². The van der Waals surface area contributed by atoms with Crippen LogP contribution >= 0.6 is 0 Å². The number of allylic oxidation sites excluding steroid dienone is 1. The summed E-state index contributed by atoms with van der Waals surface area (Å²) in [5.74, 6) is -0.624. The lowest BCUT2D eigenvalue weighted by Gasteiger charge is -2.29. The number of rotatable bonds is 1. The highest BCUT2D eigenvalue weighted by atomic mass is 16.5. The lowest BCUT2D eigenvalue weighted by atomic mass is 10.2. The molecule has 1 aliphatic heterocycles. The fraction of sp³-hybridized carbons (Fsp3) is 0.400. The molecule has 0 radical (unpaired) electrons. The molecule has 0 aromatic carbocycles. The third kappa shape index (κ3) is 2.29. The van der Waals surface area contributed by atoms with Crippen LogP contribution in [-0.4, -0.2) is 31.2 Å². The fourth-order valence-corrected chi connectivity index (χ4v) is 1.17. The van der Waals surface area contributed by atoms with Crippen molar-refractivity contribution < 1.29 is 9.53 Å². The highest BCUT2D eigenvalue weighted by Gasteiger charge is 2.19. The molecule has 1 heterocycles. The van der Waals surface area contributed by atoms with Gasteiger partial charge in [-0.25, -0.2) is 4.79 Å². The van der Waals surface area contributed by atoms with Gasteiger partial charge >= 0.3 is 5.97 Å². The van der Waals surface area contributed by atoms with E-state index in [1.54, 1.807) is 12.3 Å². The Hall–Kier alpha value is -1.96. The summed E-state index contributed by atoms with van der Waals surface area (Å²) in [5.41, 5.74) is 0.489. The third-order valence-corrected chi connectivity index (χ3v) is 2.22. The van der Waals surface area contributed by atoms with Gasteiger partial charge in [0.25, 0.3) is 0 Å². The topological polar surface area (TPSA) is 65.4 Å². The van der Waals surface area contributed by atoms with Crippen molar-refractivity contribution in [2.24, 2.45) is 0 Å². The number of nitrogens with zero attached hydrogens (tertiary/aromatic N) is 2. The Balaban J connectivity index is 3.05. The molecular weight excluding hydrogens is 194 g/mol. The van der Waals surface area contributed by atoms with Crippen LogP contribution in [0.25, 0.3) is 0 Å². The van der Waals surface area contributed by atoms with Crippen LogP contribution in [0, 0.1) is 11.3 Å². The second-order valence-corrected chi connectivity index (χ2v) is 3.19. The van der Waals surface area contributed by atoms with E-state index >= 15 is 0 Å². The molecule has 0 aromatic heterocycles. The second kappa shape index (κ2) is 4.51. The van der Waals surface area contributed by atoms with Crippen LogP contribution in [0.4, 0.5) is 0 Å². The summed E-state index contributed by atoms with van der Waals surface area (Å²) in [7, 11) is 3.15. The first-order chi connectivity index (χ1) is 7.10. The van der Waals surface area contributed by atoms with Gasteiger partial charge in [-0.15, -0.1) is 0 Å². The lowest BCUT2D eigenvalue weighted by Crippen LogP contribution is -2.41. The minimum absolute atomic E-state index is 0.00583. The number of ether oxygens (including phenoxy) is 1. The van der Waals surface area contributed by atoms with Crippen LogP contribution in [0.5, 0.6) is 0 Å². The molecule has 1 unspecified atom stereocenters. The van der Waals surface area contributed by atoms with E-state index < -0.39 is 5.97 Å². The van der Waals surface area contributed by atoms with E-state index in [0.29, 0.717) is 5.70 Å². The van der Waals surface area contributed by atoms with E-state index in [9.17, 15) is 4.79 Å². The van der Waals surface area contributed by atoms with Gasteiger partial charge in [-0.2, -0.15) is 5.26 Å². The molecule has 5 heteroatoms. The second-order valence-electron chi connectivity index (χ2n) is 3.19. The Morgan fingerprint density at radius 3 is 2.87 bits per heavy atom. The van der Waals surface area contributed by atoms with Crippen molar-refractivity contribution in [2.75, 3.05) is 14.2 Å². The Morgan fingerprint density at radius 2 is 2.40 bits per heavy atom. The van der Waals surface area contributed by atoms with Crippen molar-refractivity contribution in [1.29, 1.82) is 5.26 Å². The molecule has 80 valence electrons. The molecule has 0 saturated carbocycles. The quantitative estimate of drug-likeness (QED) is 0.381. The maximum Gasteiger partial charge on any atom is 0.350 e. The van der Waals surface area contributed by atoms with Gasteiger partial charge in [-0.05, 0) is 13.0 Å². The summed E-state index contributed by atoms with van der Waals surface area (Å²) in [4.78, 5) is 13.2. The average Bonchev–Trinajstić information content (AvgIpc) is 2.24. The summed E-state index contributed by atoms with van der Waals surface area (Å²) in [5, 5.41) is 11.9. The number of nitrogens with one attached hydrogen (secondary N) is 1. The maximum absolute atomic E-state index is 11.2. The predicted octanol–water partition coefficient (Wildman–Crippen LogP) is 0.332. The number of esters is 1. The molecule has 1 atom stereocenters. The van der Waals surface area contributed by atoms with Gasteiger partial charge in [-0.3, -0.25) is 0 Å². The predicted molar refractivity (Wildman–Crippen MR) is 54.2 cm³/mol. The number of hydrogen-bond donors (Lipinski definition) is 1. The van der Waals surface area contributed by atoms with E-state index in [0.717, 1.165) is 0 Å². The molecule has 15 heavy (non-hydrogen) atoms. The summed E-state index contributed by atoms with van der Waals surface area (Å²) < 4.78 is 4.51. The Labute approximate surface area is 88.6 Å². The van der Waals surface area contributed by atoms with Gasteiger partial charge in [-0.1, -0.05) is 0 Å². The zero-order valence-corrected chi connectivity index (χ0v) is 8.94. The Morgan fingerprint density at radius 1 is 1.73 bits per heavy atom. The Bertz CT molecular complexity index is 365. The molecule has 1 rings (SSSR count). The first-order valence-electron chi connectivity index (χ1n) is 4.49. The molecule has 1 aliphatic rings. The van der Waals surface area contributed by atoms with Gasteiger partial charge in [0.2, 0.25) is 0 Å². The molecule has 0 saturated heterocycles. The largest absolute Gasteiger partial charge is 0.465 e. The van der Waals surface area contributed by atoms with Crippen LogP contribution < -0.4 is 5.32 Å². The van der Waals surface area contributed by atoms with Crippen LogP contribution in [-0.2, 0) is 9.53 Å². The van der Waals surface area contributed by atoms with Crippen molar-refractivity contribution in [3.63, 3.8) is 0 Å². The van der Waals surface area contributed by atoms with Crippen molar-refractivity contribution >= 4 is 5.97 Å². The average molecular weight is 207 g/mol. The van der Waals surface area contributed by atoms with E-state index in [2.05, 4.69) is 10.1 Å².